The second-order valence-electron chi connectivity index (χ2n) is 3.26. The Hall–Kier alpha value is -1.96. The van der Waals surface area contributed by atoms with Crippen LogP contribution in [0.25, 0.3) is 0 Å². The highest BCUT2D eigenvalue weighted by molar-refractivity contribution is 7.90. The Labute approximate surface area is 97.1 Å². The Morgan fingerprint density at radius 1 is 1.35 bits per heavy atom. The van der Waals surface area contributed by atoms with Crippen LogP contribution in [-0.4, -0.2) is 26.5 Å². The zero-order valence-electron chi connectivity index (χ0n) is 8.84. The zero-order chi connectivity index (χ0) is 13.2. The van der Waals surface area contributed by atoms with Gasteiger partial charge in [0.05, 0.1) is 0 Å². The number of sulfone groups is 1. The molecule has 0 fully saturated rings. The maximum atomic E-state index is 13.2. The number of nitrogens with zero attached hydrogens (tertiary/aromatic N) is 1. The van der Waals surface area contributed by atoms with E-state index < -0.39 is 32.4 Å². The van der Waals surface area contributed by atoms with Gasteiger partial charge in [0.25, 0.3) is 5.91 Å². The maximum Gasteiger partial charge on any atom is 0.280 e. The Morgan fingerprint density at radius 3 is 2.41 bits per heavy atom. The first-order valence-electron chi connectivity index (χ1n) is 4.35. The number of guanidine groups is 1. The number of carbonyl (C=O) groups is 1. The summed E-state index contributed by atoms with van der Waals surface area (Å²) in [5.74, 6) is -2.23. The van der Waals surface area contributed by atoms with Gasteiger partial charge in [-0.2, -0.15) is 4.99 Å². The highest BCUT2D eigenvalue weighted by Crippen LogP contribution is 2.16. The van der Waals surface area contributed by atoms with E-state index in [2.05, 4.69) is 4.99 Å². The van der Waals surface area contributed by atoms with Crippen LogP contribution in [0.4, 0.5) is 4.39 Å². The van der Waals surface area contributed by atoms with E-state index in [4.69, 9.17) is 11.5 Å². The third kappa shape index (κ3) is 3.25. The van der Waals surface area contributed by atoms with Gasteiger partial charge in [-0.15, -0.1) is 0 Å². The first kappa shape index (κ1) is 13.1. The molecule has 0 aliphatic rings. The molecule has 0 aliphatic carbocycles. The molecule has 1 aromatic rings. The Kier molecular flexibility index (Phi) is 3.47. The van der Waals surface area contributed by atoms with Crippen molar-refractivity contribution in [1.29, 1.82) is 0 Å². The van der Waals surface area contributed by atoms with E-state index in [0.717, 1.165) is 24.5 Å². The van der Waals surface area contributed by atoms with E-state index in [9.17, 15) is 17.6 Å². The topological polar surface area (TPSA) is 116 Å². The first-order chi connectivity index (χ1) is 7.71. The summed E-state index contributed by atoms with van der Waals surface area (Å²) in [5, 5.41) is 0. The van der Waals surface area contributed by atoms with E-state index >= 15 is 0 Å². The average Bonchev–Trinajstić information content (AvgIpc) is 2.15. The molecule has 0 saturated carbocycles. The summed E-state index contributed by atoms with van der Waals surface area (Å²) in [6, 6.07) is 2.85. The fraction of sp³-hybridized carbons (Fsp3) is 0.111. The molecule has 92 valence electrons. The van der Waals surface area contributed by atoms with E-state index in [1.165, 1.54) is 0 Å². The fourth-order valence-electron chi connectivity index (χ4n) is 1.10. The van der Waals surface area contributed by atoms with Gasteiger partial charge < -0.3 is 11.5 Å². The van der Waals surface area contributed by atoms with Gasteiger partial charge in [0, 0.05) is 11.8 Å². The molecule has 1 aromatic carbocycles. The van der Waals surface area contributed by atoms with Gasteiger partial charge in [0.1, 0.15) is 10.7 Å². The first-order valence-corrected chi connectivity index (χ1v) is 6.24. The van der Waals surface area contributed by atoms with Crippen molar-refractivity contribution in [2.75, 3.05) is 6.26 Å². The van der Waals surface area contributed by atoms with E-state index in [1.54, 1.807) is 0 Å². The molecule has 0 bridgehead atoms. The van der Waals surface area contributed by atoms with Crippen molar-refractivity contribution in [2.24, 2.45) is 16.5 Å². The van der Waals surface area contributed by atoms with Gasteiger partial charge in [-0.3, -0.25) is 4.79 Å². The van der Waals surface area contributed by atoms with Crippen LogP contribution < -0.4 is 11.5 Å². The number of rotatable bonds is 2. The van der Waals surface area contributed by atoms with Crippen molar-refractivity contribution in [3.05, 3.63) is 29.6 Å². The fourth-order valence-corrected chi connectivity index (χ4v) is 1.87. The van der Waals surface area contributed by atoms with Crippen molar-refractivity contribution in [3.8, 4) is 0 Å². The van der Waals surface area contributed by atoms with Crippen molar-refractivity contribution in [1.82, 2.24) is 0 Å². The largest absolute Gasteiger partial charge is 0.370 e. The number of carbonyl (C=O) groups excluding carboxylic acids is 1. The zero-order valence-corrected chi connectivity index (χ0v) is 9.66. The van der Waals surface area contributed by atoms with E-state index in [0.29, 0.717) is 0 Å². The minimum absolute atomic E-state index is 0.111. The van der Waals surface area contributed by atoms with Gasteiger partial charge >= 0.3 is 0 Å². The lowest BCUT2D eigenvalue weighted by Gasteiger charge is -2.02. The molecule has 0 aliphatic heterocycles. The van der Waals surface area contributed by atoms with Crippen molar-refractivity contribution >= 4 is 21.7 Å². The second kappa shape index (κ2) is 4.50. The van der Waals surface area contributed by atoms with Crippen LogP contribution in [-0.2, 0) is 9.84 Å². The van der Waals surface area contributed by atoms with E-state index in [-0.39, 0.29) is 5.56 Å². The Bertz CT molecular complexity index is 592. The summed E-state index contributed by atoms with van der Waals surface area (Å²) < 4.78 is 35.6. The summed E-state index contributed by atoms with van der Waals surface area (Å²) in [6.45, 7) is 0. The van der Waals surface area contributed by atoms with Gasteiger partial charge in [0.15, 0.2) is 15.8 Å². The summed E-state index contributed by atoms with van der Waals surface area (Å²) in [4.78, 5) is 14.0. The lowest BCUT2D eigenvalue weighted by Crippen LogP contribution is -2.24. The van der Waals surface area contributed by atoms with Gasteiger partial charge in [-0.05, 0) is 18.2 Å². The standard InChI is InChI=1S/C9H10FN3O3S/c1-17(15,16)7-4-5(2-3-6(7)10)8(14)13-9(11)12/h2-4H,1H3,(H4,11,12,13,14). The molecule has 1 amide bonds. The number of hydrogen-bond donors (Lipinski definition) is 2. The lowest BCUT2D eigenvalue weighted by atomic mass is 10.2. The number of benzene rings is 1. The van der Waals surface area contributed by atoms with Crippen LogP contribution in [0.1, 0.15) is 10.4 Å². The molecule has 0 atom stereocenters. The summed E-state index contributed by atoms with van der Waals surface area (Å²) in [7, 11) is -3.76. The second-order valence-corrected chi connectivity index (χ2v) is 5.24. The maximum absolute atomic E-state index is 13.2. The monoisotopic (exact) mass is 259 g/mol. The van der Waals surface area contributed by atoms with Gasteiger partial charge in [0.2, 0.25) is 0 Å². The van der Waals surface area contributed by atoms with Gasteiger partial charge in [-0.1, -0.05) is 0 Å². The third-order valence-electron chi connectivity index (χ3n) is 1.81. The van der Waals surface area contributed by atoms with Crippen molar-refractivity contribution < 1.29 is 17.6 Å². The third-order valence-corrected chi connectivity index (χ3v) is 2.92. The minimum atomic E-state index is -3.76. The average molecular weight is 259 g/mol. The Morgan fingerprint density at radius 2 is 1.94 bits per heavy atom. The SMILES string of the molecule is CS(=O)(=O)c1cc(C(=O)N=C(N)N)ccc1F. The molecule has 0 saturated heterocycles. The lowest BCUT2D eigenvalue weighted by molar-refractivity contribution is 0.100. The number of hydrogen-bond acceptors (Lipinski definition) is 3. The molecule has 17 heavy (non-hydrogen) atoms. The quantitative estimate of drug-likeness (QED) is 0.556. The number of nitrogens with two attached hydrogens (primary N) is 2. The normalized spacial score (nSPS) is 10.9. The van der Waals surface area contributed by atoms with Crippen LogP contribution in [0.3, 0.4) is 0 Å². The predicted octanol–water partition coefficient (Wildman–Crippen LogP) is -0.357. The van der Waals surface area contributed by atoms with Crippen LogP contribution in [0.5, 0.6) is 0 Å². The molecular formula is C9H10FN3O3S. The minimum Gasteiger partial charge on any atom is -0.370 e. The molecule has 8 heteroatoms. The molecule has 0 radical (unpaired) electrons. The number of amides is 1. The summed E-state index contributed by atoms with van der Waals surface area (Å²) in [5.41, 5.74) is 9.89. The number of halogens is 1. The molecule has 6 nitrogen and oxygen atoms in total. The molecule has 1 rings (SSSR count). The van der Waals surface area contributed by atoms with Crippen LogP contribution >= 0.6 is 0 Å². The highest BCUT2D eigenvalue weighted by atomic mass is 32.2. The Balaban J connectivity index is 3.32. The number of aliphatic imine (C=N–C) groups is 1. The van der Waals surface area contributed by atoms with Crippen molar-refractivity contribution in [3.63, 3.8) is 0 Å². The molecule has 0 unspecified atom stereocenters. The predicted molar refractivity (Wildman–Crippen MR) is 59.7 cm³/mol. The summed E-state index contributed by atoms with van der Waals surface area (Å²) in [6.07, 6.45) is 0.834. The van der Waals surface area contributed by atoms with Crippen LogP contribution in [0.2, 0.25) is 0 Å². The molecule has 0 heterocycles. The van der Waals surface area contributed by atoms with Crippen LogP contribution in [0.15, 0.2) is 28.1 Å². The van der Waals surface area contributed by atoms with Crippen molar-refractivity contribution in [2.45, 2.75) is 4.90 Å². The van der Waals surface area contributed by atoms with Gasteiger partial charge in [-0.25, -0.2) is 12.8 Å². The smallest absolute Gasteiger partial charge is 0.280 e. The van der Waals surface area contributed by atoms with E-state index in [1.807, 2.05) is 0 Å². The molecule has 0 spiro atoms. The summed E-state index contributed by atoms with van der Waals surface area (Å²) >= 11 is 0. The molecular weight excluding hydrogens is 249 g/mol. The highest BCUT2D eigenvalue weighted by Gasteiger charge is 2.16. The molecule has 4 N–H and O–H groups in total. The molecule has 0 aromatic heterocycles. The van der Waals surface area contributed by atoms with Crippen LogP contribution in [0, 0.1) is 5.82 Å².